The van der Waals surface area contributed by atoms with Crippen molar-refractivity contribution in [2.45, 2.75) is 33.2 Å². The van der Waals surface area contributed by atoms with Crippen LogP contribution in [0.25, 0.3) is 0 Å². The van der Waals surface area contributed by atoms with Gasteiger partial charge in [0.2, 0.25) is 5.91 Å². The zero-order valence-electron chi connectivity index (χ0n) is 12.5. The van der Waals surface area contributed by atoms with Crippen LogP contribution in [-0.4, -0.2) is 30.3 Å². The predicted molar refractivity (Wildman–Crippen MR) is 81.4 cm³/mol. The Morgan fingerprint density at radius 1 is 1.14 bits per heavy atom. The van der Waals surface area contributed by atoms with Crippen molar-refractivity contribution in [2.75, 3.05) is 11.9 Å². The Bertz CT molecular complexity index is 511. The van der Waals surface area contributed by atoms with E-state index >= 15 is 0 Å². The molecule has 0 radical (unpaired) electrons. The second-order valence-corrected chi connectivity index (χ2v) is 4.74. The summed E-state index contributed by atoms with van der Waals surface area (Å²) >= 11 is 0. The fraction of sp³-hybridized carbons (Fsp3) is 0.400. The Balaban J connectivity index is 2.49. The van der Waals surface area contributed by atoms with Crippen LogP contribution in [-0.2, 0) is 4.79 Å². The molecule has 6 heteroatoms. The van der Waals surface area contributed by atoms with Crippen LogP contribution >= 0.6 is 0 Å². The van der Waals surface area contributed by atoms with Crippen LogP contribution in [0, 0.1) is 0 Å². The summed E-state index contributed by atoms with van der Waals surface area (Å²) in [7, 11) is 0. The summed E-state index contributed by atoms with van der Waals surface area (Å²) in [4.78, 5) is 34.5. The molecule has 0 aliphatic carbocycles. The minimum absolute atomic E-state index is 0.0350. The Kier molecular flexibility index (Phi) is 6.39. The van der Waals surface area contributed by atoms with E-state index in [9.17, 15) is 14.4 Å². The average molecular weight is 291 g/mol. The van der Waals surface area contributed by atoms with Crippen LogP contribution in [0.4, 0.5) is 10.5 Å². The number of benzene rings is 1. The van der Waals surface area contributed by atoms with E-state index in [0.717, 1.165) is 6.42 Å². The van der Waals surface area contributed by atoms with Gasteiger partial charge in [-0.2, -0.15) is 0 Å². The Labute approximate surface area is 124 Å². The van der Waals surface area contributed by atoms with Crippen LogP contribution in [0.1, 0.15) is 37.6 Å². The maximum Gasteiger partial charge on any atom is 0.319 e. The lowest BCUT2D eigenvalue weighted by Gasteiger charge is -2.14. The van der Waals surface area contributed by atoms with Crippen molar-refractivity contribution in [3.8, 4) is 0 Å². The smallest absolute Gasteiger partial charge is 0.319 e. The lowest BCUT2D eigenvalue weighted by molar-refractivity contribution is -0.122. The number of rotatable bonds is 6. The Morgan fingerprint density at radius 2 is 1.76 bits per heavy atom. The van der Waals surface area contributed by atoms with E-state index in [1.54, 1.807) is 31.2 Å². The molecule has 0 spiro atoms. The molecular formula is C15H21N3O3. The van der Waals surface area contributed by atoms with E-state index in [0.29, 0.717) is 17.8 Å². The summed E-state index contributed by atoms with van der Waals surface area (Å²) in [5.74, 6) is -0.258. The Hall–Kier alpha value is -2.37. The van der Waals surface area contributed by atoms with Gasteiger partial charge in [0.25, 0.3) is 0 Å². The number of ketones is 1. The van der Waals surface area contributed by atoms with Gasteiger partial charge in [0.05, 0.1) is 0 Å². The maximum atomic E-state index is 11.8. The number of Topliss-reactive ketones (excluding diaryl/α,β-unsaturated/α-hetero) is 1. The number of nitrogens with one attached hydrogen (secondary N) is 3. The first-order valence-corrected chi connectivity index (χ1v) is 6.90. The highest BCUT2D eigenvalue weighted by atomic mass is 16.2. The largest absolute Gasteiger partial charge is 0.354 e. The molecule has 21 heavy (non-hydrogen) atoms. The number of urea groups is 1. The van der Waals surface area contributed by atoms with Gasteiger partial charge in [-0.25, -0.2) is 4.79 Å². The zero-order chi connectivity index (χ0) is 15.8. The molecule has 0 heterocycles. The first-order valence-electron chi connectivity index (χ1n) is 6.90. The topological polar surface area (TPSA) is 87.3 Å². The standard InChI is InChI=1S/C15H21N3O3/c1-4-9-16-14(20)10(2)17-15(21)18-13-7-5-12(6-8-13)11(3)19/h5-8,10H,4,9H2,1-3H3,(H,16,20)(H2,17,18,21). The van der Waals surface area contributed by atoms with Gasteiger partial charge in [-0.1, -0.05) is 6.92 Å². The fourth-order valence-corrected chi connectivity index (χ4v) is 1.62. The second kappa shape index (κ2) is 8.04. The summed E-state index contributed by atoms with van der Waals surface area (Å²) in [6, 6.07) is 5.46. The minimum atomic E-state index is -0.618. The number of hydrogen-bond acceptors (Lipinski definition) is 3. The van der Waals surface area contributed by atoms with E-state index in [2.05, 4.69) is 16.0 Å². The summed E-state index contributed by atoms with van der Waals surface area (Å²) in [5, 5.41) is 7.86. The first kappa shape index (κ1) is 16.7. The van der Waals surface area contributed by atoms with Crippen molar-refractivity contribution in [2.24, 2.45) is 0 Å². The number of anilines is 1. The molecule has 0 saturated heterocycles. The molecule has 0 saturated carbocycles. The second-order valence-electron chi connectivity index (χ2n) is 4.74. The van der Waals surface area contributed by atoms with Gasteiger partial charge in [0, 0.05) is 17.8 Å². The van der Waals surface area contributed by atoms with Gasteiger partial charge in [-0.05, 0) is 44.5 Å². The van der Waals surface area contributed by atoms with Gasteiger partial charge in [-0.3, -0.25) is 9.59 Å². The summed E-state index contributed by atoms with van der Waals surface area (Å²) < 4.78 is 0. The van der Waals surface area contributed by atoms with E-state index in [1.807, 2.05) is 6.92 Å². The highest BCUT2D eigenvalue weighted by molar-refractivity contribution is 5.96. The van der Waals surface area contributed by atoms with Crippen molar-refractivity contribution >= 4 is 23.4 Å². The highest BCUT2D eigenvalue weighted by Gasteiger charge is 2.14. The third-order valence-electron chi connectivity index (χ3n) is 2.84. The number of hydrogen-bond donors (Lipinski definition) is 3. The molecule has 0 aromatic heterocycles. The molecule has 0 aliphatic heterocycles. The van der Waals surface area contributed by atoms with Crippen LogP contribution in [0.15, 0.2) is 24.3 Å². The van der Waals surface area contributed by atoms with E-state index in [1.165, 1.54) is 6.92 Å². The summed E-state index contributed by atoms with van der Waals surface area (Å²) in [5.41, 5.74) is 1.13. The number of carbonyl (C=O) groups is 3. The molecule has 0 fully saturated rings. The van der Waals surface area contributed by atoms with Crippen LogP contribution in [0.2, 0.25) is 0 Å². The van der Waals surface area contributed by atoms with Crippen molar-refractivity contribution in [1.29, 1.82) is 0 Å². The van der Waals surface area contributed by atoms with Crippen molar-refractivity contribution in [3.63, 3.8) is 0 Å². The normalized spacial score (nSPS) is 11.4. The Morgan fingerprint density at radius 3 is 2.29 bits per heavy atom. The summed E-state index contributed by atoms with van der Waals surface area (Å²) in [6.45, 7) is 5.63. The monoisotopic (exact) mass is 291 g/mol. The predicted octanol–water partition coefficient (Wildman–Crippen LogP) is 1.93. The molecule has 1 rings (SSSR count). The van der Waals surface area contributed by atoms with Gasteiger partial charge in [0.15, 0.2) is 5.78 Å². The molecule has 3 N–H and O–H groups in total. The maximum absolute atomic E-state index is 11.8. The molecule has 0 bridgehead atoms. The van der Waals surface area contributed by atoms with Crippen LogP contribution in [0.5, 0.6) is 0 Å². The van der Waals surface area contributed by atoms with Gasteiger partial charge in [-0.15, -0.1) is 0 Å². The summed E-state index contributed by atoms with van der Waals surface area (Å²) in [6.07, 6.45) is 0.840. The zero-order valence-corrected chi connectivity index (χ0v) is 12.5. The molecule has 1 unspecified atom stereocenters. The third kappa shape index (κ3) is 5.64. The molecule has 114 valence electrons. The molecule has 6 nitrogen and oxygen atoms in total. The molecule has 3 amide bonds. The van der Waals surface area contributed by atoms with Gasteiger partial charge < -0.3 is 16.0 Å². The van der Waals surface area contributed by atoms with E-state index < -0.39 is 12.1 Å². The lowest BCUT2D eigenvalue weighted by atomic mass is 10.1. The van der Waals surface area contributed by atoms with Crippen molar-refractivity contribution in [3.05, 3.63) is 29.8 Å². The first-order chi connectivity index (χ1) is 9.93. The van der Waals surface area contributed by atoms with Crippen molar-refractivity contribution < 1.29 is 14.4 Å². The molecule has 1 atom stereocenters. The van der Waals surface area contributed by atoms with E-state index in [-0.39, 0.29) is 11.7 Å². The highest BCUT2D eigenvalue weighted by Crippen LogP contribution is 2.09. The molecule has 1 aromatic carbocycles. The minimum Gasteiger partial charge on any atom is -0.354 e. The SMILES string of the molecule is CCCNC(=O)C(C)NC(=O)Nc1ccc(C(C)=O)cc1. The molecular weight excluding hydrogens is 270 g/mol. The van der Waals surface area contributed by atoms with E-state index in [4.69, 9.17) is 0 Å². The van der Waals surface area contributed by atoms with Crippen LogP contribution in [0.3, 0.4) is 0 Å². The quantitative estimate of drug-likeness (QED) is 0.700. The number of amides is 3. The van der Waals surface area contributed by atoms with Gasteiger partial charge >= 0.3 is 6.03 Å². The lowest BCUT2D eigenvalue weighted by Crippen LogP contribution is -2.46. The number of carbonyl (C=O) groups excluding carboxylic acids is 3. The van der Waals surface area contributed by atoms with Crippen LogP contribution < -0.4 is 16.0 Å². The van der Waals surface area contributed by atoms with Gasteiger partial charge in [0.1, 0.15) is 6.04 Å². The average Bonchev–Trinajstić information content (AvgIpc) is 2.45. The fourth-order valence-electron chi connectivity index (χ4n) is 1.62. The molecule has 1 aromatic rings. The van der Waals surface area contributed by atoms with Crippen molar-refractivity contribution in [1.82, 2.24) is 10.6 Å². The third-order valence-corrected chi connectivity index (χ3v) is 2.84. The molecule has 0 aliphatic rings.